The molecule has 3 nitrogen and oxygen atoms in total. The van der Waals surface area contributed by atoms with Gasteiger partial charge in [0, 0.05) is 20.1 Å². The molecule has 0 spiro atoms. The molecule has 0 fully saturated rings. The molecule has 0 rings (SSSR count). The van der Waals surface area contributed by atoms with Crippen LogP contribution in [0.25, 0.3) is 0 Å². The third-order valence-electron chi connectivity index (χ3n) is 0. The van der Waals surface area contributed by atoms with Crippen LogP contribution in [0.3, 0.4) is 0 Å². The summed E-state index contributed by atoms with van der Waals surface area (Å²) >= 11 is -2.61. The van der Waals surface area contributed by atoms with Gasteiger partial charge in [-0.2, -0.15) is 4.21 Å². The third-order valence-corrected chi connectivity index (χ3v) is 0. The number of hydrogen-bond donors (Lipinski definition) is 2. The molecule has 37 valence electrons. The molecule has 0 bridgehead atoms. The van der Waals surface area contributed by atoms with Crippen LogP contribution in [0.4, 0.5) is 0 Å². The first kappa shape index (κ1) is 15.8. The average molecular weight is 314 g/mol. The Bertz CT molecular complexity index is 33.8. The van der Waals surface area contributed by atoms with Gasteiger partial charge in [-0.3, -0.25) is 9.11 Å². The van der Waals surface area contributed by atoms with Crippen molar-refractivity contribution in [1.29, 1.82) is 0 Å². The van der Waals surface area contributed by atoms with Gasteiger partial charge in [0.15, 0.2) is 0 Å². The maximum atomic E-state index is 8.67. The molecule has 2 N–H and O–H groups in total. The van der Waals surface area contributed by atoms with Crippen LogP contribution in [-0.4, -0.2) is 64.7 Å². The van der Waals surface area contributed by atoms with Crippen LogP contribution < -0.4 is 0 Å². The SMILES string of the molecule is O=S(O)O.[Ir].[KH]. The van der Waals surface area contributed by atoms with Crippen molar-refractivity contribution in [2.45, 2.75) is 0 Å². The Labute approximate surface area is 94.2 Å². The van der Waals surface area contributed by atoms with Gasteiger partial charge in [0.1, 0.15) is 0 Å². The van der Waals surface area contributed by atoms with Crippen LogP contribution in [0.5, 0.6) is 0 Å². The van der Waals surface area contributed by atoms with Gasteiger partial charge in [-0.25, -0.2) is 0 Å². The Hall–Kier alpha value is 2.36. The molecule has 0 aromatic rings. The fourth-order valence-corrected chi connectivity index (χ4v) is 0. The molecule has 0 heterocycles. The molecule has 0 saturated heterocycles. The standard InChI is InChI=1S/Ir.K.H2O3S.H/c;;1-4(2)3;/h;;(H2,1,2,3);. The second kappa shape index (κ2) is 10.4. The number of hydrogen-bond acceptors (Lipinski definition) is 1. The van der Waals surface area contributed by atoms with Gasteiger partial charge in [-0.15, -0.1) is 0 Å². The minimum absolute atomic E-state index is 0. The molecular weight excluding hydrogens is 311 g/mol. The Balaban J connectivity index is -0.0000000450. The summed E-state index contributed by atoms with van der Waals surface area (Å²) in [6, 6.07) is 0. The van der Waals surface area contributed by atoms with Crippen molar-refractivity contribution >= 4 is 62.7 Å². The van der Waals surface area contributed by atoms with Gasteiger partial charge in [-0.05, 0) is 0 Å². The van der Waals surface area contributed by atoms with Crippen molar-refractivity contribution in [3.63, 3.8) is 0 Å². The van der Waals surface area contributed by atoms with E-state index in [0.29, 0.717) is 0 Å². The molecule has 0 amide bonds. The van der Waals surface area contributed by atoms with Gasteiger partial charge in [-0.1, -0.05) is 0 Å². The van der Waals surface area contributed by atoms with Crippen LogP contribution >= 0.6 is 0 Å². The zero-order valence-corrected chi connectivity index (χ0v) is 5.26. The van der Waals surface area contributed by atoms with E-state index in [0.717, 1.165) is 0 Å². The molecule has 0 aliphatic carbocycles. The van der Waals surface area contributed by atoms with Gasteiger partial charge in [0.05, 0.1) is 0 Å². The van der Waals surface area contributed by atoms with Crippen molar-refractivity contribution in [2.75, 3.05) is 0 Å². The predicted molar refractivity (Wildman–Crippen MR) is 20.5 cm³/mol. The molecule has 0 atom stereocenters. The Morgan fingerprint density at radius 3 is 1.33 bits per heavy atom. The van der Waals surface area contributed by atoms with E-state index in [-0.39, 0.29) is 71.5 Å². The van der Waals surface area contributed by atoms with Crippen molar-refractivity contribution in [3.05, 3.63) is 0 Å². The quantitative estimate of drug-likeness (QED) is 0.447. The van der Waals surface area contributed by atoms with Crippen molar-refractivity contribution in [1.82, 2.24) is 0 Å². The molecular formula is H3IrKO3S. The normalized spacial score (nSPS) is 5.83. The summed E-state index contributed by atoms with van der Waals surface area (Å²) in [6.07, 6.45) is 0. The zero-order chi connectivity index (χ0) is 3.58. The van der Waals surface area contributed by atoms with Gasteiger partial charge < -0.3 is 0 Å². The van der Waals surface area contributed by atoms with E-state index in [1.165, 1.54) is 0 Å². The van der Waals surface area contributed by atoms with E-state index in [2.05, 4.69) is 0 Å². The summed E-state index contributed by atoms with van der Waals surface area (Å²) in [5.41, 5.74) is 0. The van der Waals surface area contributed by atoms with Crippen molar-refractivity contribution in [3.8, 4) is 0 Å². The Kier molecular flexibility index (Phi) is 27.2. The van der Waals surface area contributed by atoms with Gasteiger partial charge >= 0.3 is 51.4 Å². The second-order valence-corrected chi connectivity index (χ2v) is 0.692. The van der Waals surface area contributed by atoms with Crippen LogP contribution in [0.15, 0.2) is 0 Å². The summed E-state index contributed by atoms with van der Waals surface area (Å²) in [4.78, 5) is 0. The van der Waals surface area contributed by atoms with Gasteiger partial charge in [0.25, 0.3) is 11.4 Å². The first-order chi connectivity index (χ1) is 1.73. The molecule has 0 saturated carbocycles. The van der Waals surface area contributed by atoms with E-state index >= 15 is 0 Å². The number of rotatable bonds is 0. The monoisotopic (exact) mass is 315 g/mol. The predicted octanol–water partition coefficient (Wildman–Crippen LogP) is -0.970. The molecule has 0 unspecified atom stereocenters. The Morgan fingerprint density at radius 1 is 1.33 bits per heavy atom. The van der Waals surface area contributed by atoms with E-state index in [1.54, 1.807) is 0 Å². The Morgan fingerprint density at radius 2 is 1.33 bits per heavy atom. The molecule has 6 heteroatoms. The third kappa shape index (κ3) is 32.9. The summed E-state index contributed by atoms with van der Waals surface area (Å²) in [5, 5.41) is 0. The zero-order valence-electron chi connectivity index (χ0n) is 2.04. The van der Waals surface area contributed by atoms with Crippen LogP contribution in [-0.2, 0) is 31.5 Å². The first-order valence-corrected chi connectivity index (χ1v) is 1.60. The topological polar surface area (TPSA) is 57.5 Å². The fraction of sp³-hybridized carbons (Fsp3) is 0. The summed E-state index contributed by atoms with van der Waals surface area (Å²) in [6.45, 7) is 0. The summed E-state index contributed by atoms with van der Waals surface area (Å²) in [5.74, 6) is 0. The molecule has 6 heavy (non-hydrogen) atoms. The molecule has 0 aromatic heterocycles. The molecule has 0 aliphatic heterocycles. The van der Waals surface area contributed by atoms with Gasteiger partial charge in [0.2, 0.25) is 0 Å². The fourth-order valence-electron chi connectivity index (χ4n) is 0. The van der Waals surface area contributed by atoms with Crippen LogP contribution in [0, 0.1) is 0 Å². The maximum absolute atomic E-state index is 8.67. The minimum atomic E-state index is -2.61. The summed E-state index contributed by atoms with van der Waals surface area (Å²) < 4.78 is 22.8. The first-order valence-electron chi connectivity index (χ1n) is 0.532. The summed E-state index contributed by atoms with van der Waals surface area (Å²) in [7, 11) is 0. The van der Waals surface area contributed by atoms with Crippen molar-refractivity contribution in [2.24, 2.45) is 0 Å². The van der Waals surface area contributed by atoms with E-state index in [1.807, 2.05) is 0 Å². The average Bonchev–Trinajstić information content (AvgIpc) is 0.811. The van der Waals surface area contributed by atoms with E-state index in [9.17, 15) is 0 Å². The molecule has 1 radical (unpaired) electrons. The molecule has 0 aromatic carbocycles. The second-order valence-electron chi connectivity index (χ2n) is 0.231. The van der Waals surface area contributed by atoms with E-state index < -0.39 is 11.4 Å². The molecule has 0 aliphatic rings. The van der Waals surface area contributed by atoms with Crippen LogP contribution in [0.2, 0.25) is 0 Å². The van der Waals surface area contributed by atoms with E-state index in [4.69, 9.17) is 13.3 Å². The van der Waals surface area contributed by atoms with Crippen molar-refractivity contribution < 1.29 is 33.4 Å². The van der Waals surface area contributed by atoms with Crippen LogP contribution in [0.1, 0.15) is 0 Å².